The van der Waals surface area contributed by atoms with Gasteiger partial charge in [0.05, 0.1) is 0 Å². The van der Waals surface area contributed by atoms with Gasteiger partial charge in [-0.25, -0.2) is 0 Å². The van der Waals surface area contributed by atoms with Crippen LogP contribution in [0.1, 0.15) is 92.4 Å². The standard InChI is InChI=1S/C33H38OSi/c1-35(2,3)34-33-30(18-29-24-13-5-9-20(24)22-12-7-15-26(22)32(29)33)28-17-16-27-23-10-4-8-19(23)21-11-6-14-25(21)31(27)28/h17H,4-16,18H2,1-3H3. The van der Waals surface area contributed by atoms with Gasteiger partial charge in [0.25, 0.3) is 0 Å². The maximum Gasteiger partial charge on any atom is 0.242 e. The minimum atomic E-state index is -1.76. The van der Waals surface area contributed by atoms with Crippen LogP contribution in [0.4, 0.5) is 0 Å². The second kappa shape index (κ2) is 7.25. The fourth-order valence-corrected chi connectivity index (χ4v) is 9.67. The van der Waals surface area contributed by atoms with Crippen molar-refractivity contribution in [1.82, 2.24) is 0 Å². The second-order valence-electron chi connectivity index (χ2n) is 13.0. The molecule has 0 heterocycles. The van der Waals surface area contributed by atoms with Gasteiger partial charge in [0.15, 0.2) is 0 Å². The lowest BCUT2D eigenvalue weighted by Gasteiger charge is -2.25. The molecule has 0 saturated carbocycles. The molecule has 6 aliphatic rings. The van der Waals surface area contributed by atoms with Gasteiger partial charge in [0, 0.05) is 17.6 Å². The molecule has 1 nitrogen and oxygen atoms in total. The van der Waals surface area contributed by atoms with E-state index >= 15 is 0 Å². The Morgan fingerprint density at radius 2 is 1.00 bits per heavy atom. The second-order valence-corrected chi connectivity index (χ2v) is 17.4. The summed E-state index contributed by atoms with van der Waals surface area (Å²) >= 11 is 0. The highest BCUT2D eigenvalue weighted by molar-refractivity contribution is 6.70. The van der Waals surface area contributed by atoms with E-state index in [1.165, 1.54) is 82.8 Å². The zero-order valence-corrected chi connectivity index (χ0v) is 22.9. The van der Waals surface area contributed by atoms with Crippen molar-refractivity contribution in [2.24, 2.45) is 0 Å². The third kappa shape index (κ3) is 2.87. The van der Waals surface area contributed by atoms with Gasteiger partial charge in [0.2, 0.25) is 8.32 Å². The molecule has 6 aliphatic carbocycles. The molecule has 2 aromatic carbocycles. The van der Waals surface area contributed by atoms with Crippen LogP contribution in [0.25, 0.3) is 11.3 Å². The molecule has 0 aromatic heterocycles. The van der Waals surface area contributed by atoms with Gasteiger partial charge in [-0.3, -0.25) is 0 Å². The number of allylic oxidation sites excluding steroid dienone is 3. The van der Waals surface area contributed by atoms with Crippen molar-refractivity contribution in [2.45, 2.75) is 110 Å². The molecule has 0 atom stereocenters. The summed E-state index contributed by atoms with van der Waals surface area (Å²) in [7, 11) is -1.76. The Labute approximate surface area is 211 Å². The van der Waals surface area contributed by atoms with Gasteiger partial charge in [-0.2, -0.15) is 0 Å². The van der Waals surface area contributed by atoms with Gasteiger partial charge in [-0.05, 0) is 170 Å². The Kier molecular flexibility index (Phi) is 4.36. The molecule has 0 fully saturated rings. The smallest absolute Gasteiger partial charge is 0.242 e. The molecule has 2 heteroatoms. The number of hydrogen-bond acceptors (Lipinski definition) is 1. The average Bonchev–Trinajstić information content (AvgIpc) is 3.63. The minimum absolute atomic E-state index is 1.11. The Bertz CT molecular complexity index is 1390. The van der Waals surface area contributed by atoms with Crippen LogP contribution in [-0.4, -0.2) is 8.32 Å². The first kappa shape index (κ1) is 21.1. The fourth-order valence-electron chi connectivity index (χ4n) is 8.83. The molecule has 0 aliphatic heterocycles. The van der Waals surface area contributed by atoms with E-state index in [9.17, 15) is 0 Å². The summed E-state index contributed by atoms with van der Waals surface area (Å²) < 4.78 is 7.14. The average molecular weight is 479 g/mol. The maximum atomic E-state index is 7.14. The zero-order valence-electron chi connectivity index (χ0n) is 21.9. The highest BCUT2D eigenvalue weighted by Gasteiger charge is 2.40. The third-order valence-electron chi connectivity index (χ3n) is 9.90. The fraction of sp³-hybridized carbons (Fsp3) is 0.515. The van der Waals surface area contributed by atoms with Gasteiger partial charge >= 0.3 is 0 Å². The van der Waals surface area contributed by atoms with E-state index in [1.54, 1.807) is 77.9 Å². The van der Waals surface area contributed by atoms with Crippen LogP contribution in [0.3, 0.4) is 0 Å². The summed E-state index contributed by atoms with van der Waals surface area (Å²) in [5.74, 6) is 1.32. The number of hydrogen-bond donors (Lipinski definition) is 0. The van der Waals surface area contributed by atoms with Crippen LogP contribution >= 0.6 is 0 Å². The molecule has 180 valence electrons. The van der Waals surface area contributed by atoms with Crippen LogP contribution < -0.4 is 0 Å². The van der Waals surface area contributed by atoms with E-state index in [1.807, 2.05) is 0 Å². The third-order valence-corrected chi connectivity index (χ3v) is 10.7. The summed E-state index contributed by atoms with van der Waals surface area (Å²) in [6.07, 6.45) is 20.7. The first-order valence-electron chi connectivity index (χ1n) is 14.5. The topological polar surface area (TPSA) is 9.23 Å². The largest absolute Gasteiger partial charge is 0.544 e. The van der Waals surface area contributed by atoms with Crippen molar-refractivity contribution in [1.29, 1.82) is 0 Å². The molecule has 2 aromatic rings. The van der Waals surface area contributed by atoms with E-state index in [0.717, 1.165) is 12.8 Å². The summed E-state index contributed by atoms with van der Waals surface area (Å²) in [6.45, 7) is 7.14. The lowest BCUT2D eigenvalue weighted by Crippen LogP contribution is -2.25. The summed E-state index contributed by atoms with van der Waals surface area (Å²) in [5, 5.41) is 0. The molecule has 0 saturated heterocycles. The Balaban J connectivity index is 1.36. The van der Waals surface area contributed by atoms with E-state index in [-0.39, 0.29) is 0 Å². The summed E-state index contributed by atoms with van der Waals surface area (Å²) in [5.41, 5.74) is 23.7. The number of fused-ring (bicyclic) bond motifs is 12. The highest BCUT2D eigenvalue weighted by Crippen LogP contribution is 2.53. The molecular weight excluding hydrogens is 440 g/mol. The van der Waals surface area contributed by atoms with Crippen molar-refractivity contribution >= 4 is 19.6 Å². The van der Waals surface area contributed by atoms with Crippen LogP contribution in [0.15, 0.2) is 11.6 Å². The van der Waals surface area contributed by atoms with Gasteiger partial charge in [-0.1, -0.05) is 6.08 Å². The van der Waals surface area contributed by atoms with Crippen molar-refractivity contribution in [3.63, 3.8) is 0 Å². The molecule has 8 rings (SSSR count). The molecule has 0 N–H and O–H groups in total. The van der Waals surface area contributed by atoms with Crippen molar-refractivity contribution < 1.29 is 4.43 Å². The molecule has 0 amide bonds. The monoisotopic (exact) mass is 478 g/mol. The van der Waals surface area contributed by atoms with Crippen LogP contribution in [-0.2, 0) is 68.6 Å². The highest BCUT2D eigenvalue weighted by atomic mass is 28.4. The molecule has 0 unspecified atom stereocenters. The lowest BCUT2D eigenvalue weighted by atomic mass is 9.86. The number of rotatable bonds is 3. The lowest BCUT2D eigenvalue weighted by molar-refractivity contribution is 0.513. The van der Waals surface area contributed by atoms with Crippen molar-refractivity contribution in [3.8, 4) is 0 Å². The molecular formula is C33H38OSi. The van der Waals surface area contributed by atoms with Crippen LogP contribution in [0.5, 0.6) is 0 Å². The Morgan fingerprint density at radius 3 is 1.57 bits per heavy atom. The Hall–Kier alpha value is -2.06. The molecule has 0 bridgehead atoms. The quantitative estimate of drug-likeness (QED) is 0.418. The predicted octanol–water partition coefficient (Wildman–Crippen LogP) is 7.40. The van der Waals surface area contributed by atoms with Crippen LogP contribution in [0, 0.1) is 0 Å². The Morgan fingerprint density at radius 1 is 0.543 bits per heavy atom. The van der Waals surface area contributed by atoms with E-state index in [4.69, 9.17) is 4.43 Å². The SMILES string of the molecule is C[Si](C)(C)OC1=C(C2=CCc3c4c(c5c(c32)CCC5)CCC4)Cc2c3c(c4c(c21)CCC4)CCC3. The van der Waals surface area contributed by atoms with Crippen LogP contribution in [0.2, 0.25) is 19.6 Å². The summed E-state index contributed by atoms with van der Waals surface area (Å²) in [6, 6.07) is 0. The van der Waals surface area contributed by atoms with Gasteiger partial charge in [0.1, 0.15) is 5.76 Å². The van der Waals surface area contributed by atoms with Crippen molar-refractivity contribution in [2.75, 3.05) is 0 Å². The normalized spacial score (nSPS) is 21.2. The minimum Gasteiger partial charge on any atom is -0.544 e. The van der Waals surface area contributed by atoms with Gasteiger partial charge < -0.3 is 4.43 Å². The first-order valence-corrected chi connectivity index (χ1v) is 17.9. The zero-order chi connectivity index (χ0) is 23.5. The molecule has 0 radical (unpaired) electrons. The van der Waals surface area contributed by atoms with Crippen molar-refractivity contribution in [3.05, 3.63) is 78.4 Å². The van der Waals surface area contributed by atoms with Gasteiger partial charge in [-0.15, -0.1) is 0 Å². The first-order chi connectivity index (χ1) is 17.0. The van der Waals surface area contributed by atoms with E-state index in [0.29, 0.717) is 0 Å². The summed E-state index contributed by atoms with van der Waals surface area (Å²) in [4.78, 5) is 0. The molecule has 0 spiro atoms. The molecule has 35 heavy (non-hydrogen) atoms. The maximum absolute atomic E-state index is 7.14. The van der Waals surface area contributed by atoms with E-state index < -0.39 is 8.32 Å². The van der Waals surface area contributed by atoms with E-state index in [2.05, 4.69) is 25.7 Å². The predicted molar refractivity (Wildman–Crippen MR) is 148 cm³/mol. The number of benzene rings is 2.